The zero-order valence-corrected chi connectivity index (χ0v) is 20.0. The van der Waals surface area contributed by atoms with Crippen LogP contribution >= 0.6 is 0 Å². The average molecular weight is 482 g/mol. The van der Waals surface area contributed by atoms with Crippen LogP contribution in [0.1, 0.15) is 70.3 Å². The SMILES string of the molecule is O=C(NC1CCCCC1)C(C1CCCCC1)n1c(-c2ccccc2OC(F)F)nc2ccccc21. The molecule has 1 heterocycles. The predicted octanol–water partition coefficient (Wildman–Crippen LogP) is 6.88. The lowest BCUT2D eigenvalue weighted by molar-refractivity contribution is -0.127. The van der Waals surface area contributed by atoms with Gasteiger partial charge in [0.15, 0.2) is 0 Å². The van der Waals surface area contributed by atoms with Gasteiger partial charge in [0.05, 0.1) is 16.6 Å². The van der Waals surface area contributed by atoms with Gasteiger partial charge in [-0.25, -0.2) is 4.98 Å². The van der Waals surface area contributed by atoms with Crippen molar-refractivity contribution in [1.82, 2.24) is 14.9 Å². The van der Waals surface area contributed by atoms with E-state index in [0.717, 1.165) is 62.4 Å². The van der Waals surface area contributed by atoms with E-state index in [1.54, 1.807) is 18.2 Å². The van der Waals surface area contributed by atoms with Crippen LogP contribution in [0.2, 0.25) is 0 Å². The Hall–Kier alpha value is -2.96. The van der Waals surface area contributed by atoms with Gasteiger partial charge in [-0.2, -0.15) is 8.78 Å². The summed E-state index contributed by atoms with van der Waals surface area (Å²) in [6, 6.07) is 14.2. The monoisotopic (exact) mass is 481 g/mol. The van der Waals surface area contributed by atoms with Crippen molar-refractivity contribution in [3.63, 3.8) is 0 Å². The number of amides is 1. The van der Waals surface area contributed by atoms with E-state index in [1.165, 1.54) is 18.9 Å². The molecule has 5 nitrogen and oxygen atoms in total. The number of carbonyl (C=O) groups is 1. The molecule has 0 saturated heterocycles. The fourth-order valence-electron chi connectivity index (χ4n) is 5.89. The molecule has 2 aliphatic carbocycles. The molecule has 0 bridgehead atoms. The number of para-hydroxylation sites is 3. The number of halogens is 2. The van der Waals surface area contributed by atoms with E-state index in [2.05, 4.69) is 5.32 Å². The van der Waals surface area contributed by atoms with Gasteiger partial charge < -0.3 is 14.6 Å². The molecule has 1 atom stereocenters. The molecular weight excluding hydrogens is 448 g/mol. The Morgan fingerprint density at radius 3 is 2.31 bits per heavy atom. The summed E-state index contributed by atoms with van der Waals surface area (Å²) >= 11 is 0. The zero-order valence-electron chi connectivity index (χ0n) is 20.0. The van der Waals surface area contributed by atoms with Crippen molar-refractivity contribution in [3.8, 4) is 17.1 Å². The summed E-state index contributed by atoms with van der Waals surface area (Å²) in [5.41, 5.74) is 2.04. The van der Waals surface area contributed by atoms with Gasteiger partial charge in [0.2, 0.25) is 5.91 Å². The summed E-state index contributed by atoms with van der Waals surface area (Å²) in [5.74, 6) is 0.735. The van der Waals surface area contributed by atoms with E-state index in [1.807, 2.05) is 28.8 Å². The summed E-state index contributed by atoms with van der Waals surface area (Å²) in [6.45, 7) is -2.95. The number of hydrogen-bond acceptors (Lipinski definition) is 3. The highest BCUT2D eigenvalue weighted by Gasteiger charge is 2.35. The van der Waals surface area contributed by atoms with Gasteiger partial charge in [-0.3, -0.25) is 4.79 Å². The third kappa shape index (κ3) is 5.19. The Morgan fingerprint density at radius 1 is 0.914 bits per heavy atom. The number of hydrogen-bond donors (Lipinski definition) is 1. The lowest BCUT2D eigenvalue weighted by atomic mass is 9.82. The summed E-state index contributed by atoms with van der Waals surface area (Å²) < 4.78 is 33.4. The molecule has 1 N–H and O–H groups in total. The first kappa shape index (κ1) is 23.8. The third-order valence-corrected chi connectivity index (χ3v) is 7.53. The maximum Gasteiger partial charge on any atom is 0.387 e. The standard InChI is InChI=1S/C28H33F2N3O2/c29-28(30)35-24-18-10-7-15-21(24)26-32-22-16-8-9-17-23(22)33(26)25(19-11-3-1-4-12-19)27(34)31-20-13-5-2-6-14-20/h7-10,15-20,25,28H,1-6,11-14H2,(H,31,34). The number of aromatic nitrogens is 2. The van der Waals surface area contributed by atoms with Crippen LogP contribution in [-0.4, -0.2) is 28.1 Å². The number of fused-ring (bicyclic) bond motifs is 1. The highest BCUT2D eigenvalue weighted by Crippen LogP contribution is 2.40. The molecule has 1 aromatic heterocycles. The van der Waals surface area contributed by atoms with Gasteiger partial charge in [-0.05, 0) is 55.9 Å². The Bertz CT molecular complexity index is 1150. The van der Waals surface area contributed by atoms with E-state index in [-0.39, 0.29) is 23.6 Å². The Kier molecular flexibility index (Phi) is 7.30. The number of nitrogens with zero attached hydrogens (tertiary/aromatic N) is 2. The van der Waals surface area contributed by atoms with Crippen LogP contribution in [0.25, 0.3) is 22.4 Å². The molecule has 186 valence electrons. The molecule has 2 aromatic carbocycles. The van der Waals surface area contributed by atoms with Crippen molar-refractivity contribution in [1.29, 1.82) is 0 Å². The fraction of sp³-hybridized carbons (Fsp3) is 0.500. The number of nitrogens with one attached hydrogen (secondary N) is 1. The fourth-order valence-corrected chi connectivity index (χ4v) is 5.89. The van der Waals surface area contributed by atoms with Crippen molar-refractivity contribution in [2.45, 2.75) is 82.9 Å². The molecule has 2 fully saturated rings. The smallest absolute Gasteiger partial charge is 0.387 e. The molecule has 5 rings (SSSR count). The average Bonchev–Trinajstić information content (AvgIpc) is 3.24. The summed E-state index contributed by atoms with van der Waals surface area (Å²) in [6.07, 6.45) is 10.8. The maximum atomic E-state index is 14.0. The molecule has 35 heavy (non-hydrogen) atoms. The molecule has 1 amide bonds. The Morgan fingerprint density at radius 2 is 1.57 bits per heavy atom. The van der Waals surface area contributed by atoms with Crippen molar-refractivity contribution < 1.29 is 18.3 Å². The van der Waals surface area contributed by atoms with E-state index in [0.29, 0.717) is 11.4 Å². The molecule has 2 saturated carbocycles. The number of alkyl halides is 2. The summed E-state index contributed by atoms with van der Waals surface area (Å²) in [7, 11) is 0. The first-order chi connectivity index (χ1) is 17.1. The number of benzene rings is 2. The van der Waals surface area contributed by atoms with Crippen molar-refractivity contribution in [2.24, 2.45) is 5.92 Å². The van der Waals surface area contributed by atoms with Crippen LogP contribution in [0.4, 0.5) is 8.78 Å². The molecule has 2 aliphatic rings. The van der Waals surface area contributed by atoms with Crippen LogP contribution in [0.3, 0.4) is 0 Å². The molecule has 0 aliphatic heterocycles. The maximum absolute atomic E-state index is 14.0. The van der Waals surface area contributed by atoms with E-state index in [9.17, 15) is 13.6 Å². The topological polar surface area (TPSA) is 56.2 Å². The van der Waals surface area contributed by atoms with Crippen molar-refractivity contribution in [2.75, 3.05) is 0 Å². The lowest BCUT2D eigenvalue weighted by Gasteiger charge is -2.34. The van der Waals surface area contributed by atoms with Gasteiger partial charge in [0.1, 0.15) is 17.6 Å². The number of carbonyl (C=O) groups excluding carboxylic acids is 1. The Labute approximate surface area is 204 Å². The molecule has 7 heteroatoms. The van der Waals surface area contributed by atoms with E-state index >= 15 is 0 Å². The predicted molar refractivity (Wildman–Crippen MR) is 132 cm³/mol. The van der Waals surface area contributed by atoms with Gasteiger partial charge in [0, 0.05) is 6.04 Å². The molecule has 1 unspecified atom stereocenters. The first-order valence-electron chi connectivity index (χ1n) is 12.9. The van der Waals surface area contributed by atoms with Gasteiger partial charge >= 0.3 is 6.61 Å². The van der Waals surface area contributed by atoms with Crippen LogP contribution in [0.5, 0.6) is 5.75 Å². The minimum atomic E-state index is -2.95. The first-order valence-corrected chi connectivity index (χ1v) is 12.9. The zero-order chi connectivity index (χ0) is 24.2. The van der Waals surface area contributed by atoms with Crippen LogP contribution in [-0.2, 0) is 4.79 Å². The van der Waals surface area contributed by atoms with Crippen molar-refractivity contribution >= 4 is 16.9 Å². The second-order valence-electron chi connectivity index (χ2n) is 9.86. The molecule has 0 radical (unpaired) electrons. The Balaban J connectivity index is 1.63. The van der Waals surface area contributed by atoms with Crippen LogP contribution in [0, 0.1) is 5.92 Å². The largest absolute Gasteiger partial charge is 0.434 e. The number of ether oxygens (including phenoxy) is 1. The molecule has 0 spiro atoms. The lowest BCUT2D eigenvalue weighted by Crippen LogP contribution is -2.43. The normalized spacial score (nSPS) is 18.6. The highest BCUT2D eigenvalue weighted by molar-refractivity contribution is 5.88. The quantitative estimate of drug-likeness (QED) is 0.400. The number of rotatable bonds is 7. The molecular formula is C28H33F2N3O2. The minimum Gasteiger partial charge on any atom is -0.434 e. The van der Waals surface area contributed by atoms with Crippen LogP contribution < -0.4 is 10.1 Å². The van der Waals surface area contributed by atoms with Crippen LogP contribution in [0.15, 0.2) is 48.5 Å². The summed E-state index contributed by atoms with van der Waals surface area (Å²) in [4.78, 5) is 18.8. The van der Waals surface area contributed by atoms with Gasteiger partial charge in [0.25, 0.3) is 0 Å². The second-order valence-corrected chi connectivity index (χ2v) is 9.86. The van der Waals surface area contributed by atoms with Crippen molar-refractivity contribution in [3.05, 3.63) is 48.5 Å². The number of imidazole rings is 1. The second kappa shape index (κ2) is 10.8. The molecule has 3 aromatic rings. The third-order valence-electron chi connectivity index (χ3n) is 7.53. The highest BCUT2D eigenvalue weighted by atomic mass is 19.3. The van der Waals surface area contributed by atoms with E-state index < -0.39 is 12.7 Å². The van der Waals surface area contributed by atoms with Gasteiger partial charge in [-0.1, -0.05) is 62.8 Å². The van der Waals surface area contributed by atoms with Gasteiger partial charge in [-0.15, -0.1) is 0 Å². The minimum absolute atomic E-state index is 0.0143. The van der Waals surface area contributed by atoms with E-state index in [4.69, 9.17) is 9.72 Å². The summed E-state index contributed by atoms with van der Waals surface area (Å²) in [5, 5.41) is 3.36.